The number of benzene rings is 1. The first-order chi connectivity index (χ1) is 17.7. The lowest BCUT2D eigenvalue weighted by Gasteiger charge is -2.40. The Labute approximate surface area is 222 Å². The zero-order valence-corrected chi connectivity index (χ0v) is 22.8. The minimum atomic E-state index is -0.954. The smallest absolute Gasteiger partial charge is 0.311 e. The molecule has 4 aliphatic heterocycles. The van der Waals surface area contributed by atoms with Gasteiger partial charge in [-0.2, -0.15) is 0 Å². The highest BCUT2D eigenvalue weighted by molar-refractivity contribution is 8.02. The summed E-state index contributed by atoms with van der Waals surface area (Å²) in [7, 11) is 0. The van der Waals surface area contributed by atoms with Gasteiger partial charge < -0.3 is 19.6 Å². The number of para-hydroxylation sites is 1. The van der Waals surface area contributed by atoms with Crippen LogP contribution in [0.25, 0.3) is 0 Å². The monoisotopic (exact) mass is 524 g/mol. The molecule has 7 nitrogen and oxygen atoms in total. The Bertz CT molecular complexity index is 1160. The molecule has 5 rings (SSSR count). The average Bonchev–Trinajstić information content (AvgIpc) is 3.21. The van der Waals surface area contributed by atoms with Gasteiger partial charge in [0.1, 0.15) is 6.04 Å². The first-order valence-corrected chi connectivity index (χ1v) is 14.0. The molecule has 37 heavy (non-hydrogen) atoms. The maximum atomic E-state index is 14.6. The van der Waals surface area contributed by atoms with Crippen molar-refractivity contribution in [1.82, 2.24) is 4.90 Å². The molecule has 2 saturated heterocycles. The number of carbonyl (C=O) groups is 3. The van der Waals surface area contributed by atoms with Gasteiger partial charge in [0.2, 0.25) is 5.91 Å². The zero-order chi connectivity index (χ0) is 26.5. The quantitative estimate of drug-likeness (QED) is 0.479. The molecule has 2 fully saturated rings. The summed E-state index contributed by atoms with van der Waals surface area (Å²) >= 11 is 1.54. The highest BCUT2D eigenvalue weighted by Crippen LogP contribution is 2.65. The van der Waals surface area contributed by atoms with Gasteiger partial charge in [-0.15, -0.1) is 11.8 Å². The van der Waals surface area contributed by atoms with Crippen LogP contribution in [-0.2, 0) is 19.1 Å². The van der Waals surface area contributed by atoms with Gasteiger partial charge >= 0.3 is 5.97 Å². The number of anilines is 1. The highest BCUT2D eigenvalue weighted by atomic mass is 32.2. The summed E-state index contributed by atoms with van der Waals surface area (Å²) in [6, 6.07) is 4.57. The van der Waals surface area contributed by atoms with Crippen molar-refractivity contribution < 1.29 is 24.2 Å². The number of rotatable bonds is 4. The van der Waals surface area contributed by atoms with Crippen LogP contribution >= 0.6 is 11.8 Å². The van der Waals surface area contributed by atoms with Crippen LogP contribution in [0.2, 0.25) is 0 Å². The summed E-state index contributed by atoms with van der Waals surface area (Å²) in [6.45, 7) is 8.30. The van der Waals surface area contributed by atoms with Gasteiger partial charge in [0.25, 0.3) is 5.91 Å². The molecule has 1 N–H and O–H groups in total. The summed E-state index contributed by atoms with van der Waals surface area (Å²) in [5.41, 5.74) is 2.81. The molecular weight excluding hydrogens is 488 g/mol. The number of amides is 2. The topological polar surface area (TPSA) is 87.2 Å². The van der Waals surface area contributed by atoms with Crippen LogP contribution in [0.5, 0.6) is 0 Å². The van der Waals surface area contributed by atoms with Crippen molar-refractivity contribution in [2.75, 3.05) is 24.7 Å². The summed E-state index contributed by atoms with van der Waals surface area (Å²) < 4.78 is 4.01. The van der Waals surface area contributed by atoms with Crippen molar-refractivity contribution in [3.63, 3.8) is 0 Å². The van der Waals surface area contributed by atoms with E-state index < -0.39 is 33.4 Å². The van der Waals surface area contributed by atoms with E-state index in [2.05, 4.69) is 6.08 Å². The summed E-state index contributed by atoms with van der Waals surface area (Å²) in [5.74, 6) is -2.30. The highest BCUT2D eigenvalue weighted by Gasteiger charge is 2.74. The van der Waals surface area contributed by atoms with Crippen molar-refractivity contribution in [2.24, 2.45) is 11.8 Å². The van der Waals surface area contributed by atoms with Crippen LogP contribution in [0.1, 0.15) is 44.2 Å². The Kier molecular flexibility index (Phi) is 6.77. The number of cyclic esters (lactones) is 1. The third-order valence-corrected chi connectivity index (χ3v) is 10.3. The molecule has 0 saturated carbocycles. The number of hydrogen-bond donors (Lipinski definition) is 1. The number of allylic oxidation sites excluding steroid dienone is 1. The Morgan fingerprint density at radius 1 is 1.11 bits per heavy atom. The number of likely N-dealkylation sites (tertiary alicyclic amines) is 1. The number of hydrogen-bond acceptors (Lipinski definition) is 6. The van der Waals surface area contributed by atoms with E-state index in [0.29, 0.717) is 19.6 Å². The fourth-order valence-electron chi connectivity index (χ4n) is 6.81. The van der Waals surface area contributed by atoms with Gasteiger partial charge in [0.15, 0.2) is 0 Å². The Balaban J connectivity index is 1.70. The molecule has 0 radical (unpaired) electrons. The average molecular weight is 525 g/mol. The molecule has 0 aliphatic carbocycles. The van der Waals surface area contributed by atoms with Gasteiger partial charge in [-0.25, -0.2) is 0 Å². The molecule has 4 aliphatic rings. The van der Waals surface area contributed by atoms with Crippen LogP contribution < -0.4 is 4.90 Å². The van der Waals surface area contributed by atoms with Crippen LogP contribution in [0.15, 0.2) is 42.5 Å². The lowest BCUT2D eigenvalue weighted by molar-refractivity contribution is -0.154. The number of thioether (sulfide) groups is 1. The largest absolute Gasteiger partial charge is 0.465 e. The first kappa shape index (κ1) is 26.0. The standard InChI is InChI=1S/C29H36N2O5S/c1-5-20(17-32)31-24-26(34)30(23-18(2)11-9-12-19(23)3)15-10-14-29(24)21(25(31)33)22-27(35)36-16-8-6-7-13-28(22,4)37-29/h7,9-14,20-22,24,32H,5-6,8,15-17H2,1-4H3/b13-7-/t20-,21-,22+,24?,28-,29-/m0/s1. The minimum Gasteiger partial charge on any atom is -0.465 e. The van der Waals surface area contributed by atoms with Crippen LogP contribution in [0, 0.1) is 25.7 Å². The third kappa shape index (κ3) is 3.86. The van der Waals surface area contributed by atoms with Crippen LogP contribution in [-0.4, -0.2) is 69.1 Å². The molecule has 0 bridgehead atoms. The molecule has 1 spiro atoms. The molecule has 2 amide bonds. The number of aliphatic hydroxyl groups excluding tert-OH is 1. The summed E-state index contributed by atoms with van der Waals surface area (Å²) in [6.07, 6.45) is 10.1. The maximum Gasteiger partial charge on any atom is 0.311 e. The predicted octanol–water partition coefficient (Wildman–Crippen LogP) is 3.56. The van der Waals surface area contributed by atoms with Gasteiger partial charge in [-0.05, 0) is 51.2 Å². The van der Waals surface area contributed by atoms with E-state index in [1.54, 1.807) is 9.80 Å². The van der Waals surface area contributed by atoms with Crippen LogP contribution in [0.4, 0.5) is 5.69 Å². The molecule has 6 atom stereocenters. The Morgan fingerprint density at radius 3 is 2.51 bits per heavy atom. The number of aryl methyl sites for hydroxylation is 2. The number of fused-ring (bicyclic) bond motifs is 2. The number of nitrogens with zero attached hydrogens (tertiary/aromatic N) is 2. The van der Waals surface area contributed by atoms with Gasteiger partial charge in [0, 0.05) is 17.0 Å². The molecule has 4 heterocycles. The third-order valence-electron chi connectivity index (χ3n) is 8.47. The van der Waals surface area contributed by atoms with E-state index >= 15 is 0 Å². The Morgan fingerprint density at radius 2 is 1.84 bits per heavy atom. The maximum absolute atomic E-state index is 14.6. The molecule has 1 unspecified atom stereocenters. The van der Waals surface area contributed by atoms with E-state index in [4.69, 9.17) is 4.74 Å². The van der Waals surface area contributed by atoms with Gasteiger partial charge in [-0.3, -0.25) is 14.4 Å². The van der Waals surface area contributed by atoms with Crippen molar-refractivity contribution in [2.45, 2.75) is 68.5 Å². The fraction of sp³-hybridized carbons (Fsp3) is 0.552. The summed E-state index contributed by atoms with van der Waals surface area (Å²) in [4.78, 5) is 45.8. The normalized spacial score (nSPS) is 35.1. The second-order valence-corrected chi connectivity index (χ2v) is 12.6. The van der Waals surface area contributed by atoms with E-state index in [0.717, 1.165) is 29.7 Å². The predicted molar refractivity (Wildman–Crippen MR) is 144 cm³/mol. The van der Waals surface area contributed by atoms with Gasteiger partial charge in [0.05, 0.1) is 35.8 Å². The number of aliphatic hydroxyl groups is 1. The first-order valence-electron chi connectivity index (χ1n) is 13.2. The van der Waals surface area contributed by atoms with E-state index in [-0.39, 0.29) is 24.4 Å². The van der Waals surface area contributed by atoms with Crippen LogP contribution in [0.3, 0.4) is 0 Å². The number of ether oxygens (including phenoxy) is 1. The van der Waals surface area contributed by atoms with Crippen molar-refractivity contribution in [3.05, 3.63) is 53.6 Å². The molecule has 1 aromatic rings. The zero-order valence-electron chi connectivity index (χ0n) is 22.0. The lowest BCUT2D eigenvalue weighted by atomic mass is 9.74. The van der Waals surface area contributed by atoms with Gasteiger partial charge in [-0.1, -0.05) is 49.4 Å². The number of carbonyl (C=O) groups excluding carboxylic acids is 3. The minimum absolute atomic E-state index is 0.176. The molecule has 8 heteroatoms. The molecule has 0 aromatic heterocycles. The van der Waals surface area contributed by atoms with E-state index in [1.807, 2.05) is 64.1 Å². The second-order valence-electron chi connectivity index (χ2n) is 10.8. The fourth-order valence-corrected chi connectivity index (χ4v) is 8.95. The Hall–Kier alpha value is -2.58. The number of esters is 1. The van der Waals surface area contributed by atoms with Crippen molar-refractivity contribution >= 4 is 35.2 Å². The molecular formula is C29H36N2O5S. The second kappa shape index (κ2) is 9.62. The van der Waals surface area contributed by atoms with Crippen molar-refractivity contribution in [1.29, 1.82) is 0 Å². The SMILES string of the molecule is CC[C@@H](CO)N1C(=O)[C@@H]2[C@@H]3C(=O)OCCC/C=C\[C@]3(C)S[C@@]23C=CCN(c2c(C)cccc2C)C(=O)C13. The van der Waals surface area contributed by atoms with Crippen molar-refractivity contribution in [3.8, 4) is 0 Å². The van der Waals surface area contributed by atoms with E-state index in [9.17, 15) is 19.5 Å². The molecule has 1 aromatic carbocycles. The lowest BCUT2D eigenvalue weighted by Crippen LogP contribution is -2.57. The molecule has 198 valence electrons. The van der Waals surface area contributed by atoms with E-state index in [1.165, 1.54) is 11.8 Å². The summed E-state index contributed by atoms with van der Waals surface area (Å²) in [5, 5.41) is 10.3.